The molecule has 0 radical (unpaired) electrons. The van der Waals surface area contributed by atoms with E-state index in [1.165, 1.54) is 24.3 Å². The molecule has 0 aliphatic heterocycles. The molecule has 0 aliphatic carbocycles. The fourth-order valence-corrected chi connectivity index (χ4v) is 3.41. The quantitative estimate of drug-likeness (QED) is 0.343. The average Bonchev–Trinajstić information content (AvgIpc) is 2.81. The molecule has 0 fully saturated rings. The molecule has 190 valence electrons. The van der Waals surface area contributed by atoms with E-state index < -0.39 is 35.4 Å². The van der Waals surface area contributed by atoms with Crippen LogP contribution in [-0.2, 0) is 12.4 Å². The van der Waals surface area contributed by atoms with E-state index in [0.717, 1.165) is 35.2 Å². The lowest BCUT2D eigenvalue weighted by Crippen LogP contribution is -2.41. The lowest BCUT2D eigenvalue weighted by Gasteiger charge is -2.24. The zero-order valence-electron chi connectivity index (χ0n) is 18.3. The molecule has 5 nitrogen and oxygen atoms in total. The van der Waals surface area contributed by atoms with Gasteiger partial charge in [0.25, 0.3) is 5.91 Å². The Kier molecular flexibility index (Phi) is 8.13. The van der Waals surface area contributed by atoms with Crippen LogP contribution in [0.5, 0.6) is 0 Å². The van der Waals surface area contributed by atoms with Crippen molar-refractivity contribution in [2.75, 3.05) is 23.3 Å². The van der Waals surface area contributed by atoms with Crippen LogP contribution < -0.4 is 15.5 Å². The van der Waals surface area contributed by atoms with Crippen LogP contribution in [0, 0.1) is 0 Å². The first-order chi connectivity index (χ1) is 16.9. The van der Waals surface area contributed by atoms with Gasteiger partial charge in [-0.05, 0) is 48.5 Å². The van der Waals surface area contributed by atoms with E-state index in [2.05, 4.69) is 10.6 Å². The SMILES string of the molecule is O=C(NCCN(C(=O)Nc1cccc(C(F)(F)F)c1)c1cccc(C(F)(F)F)c1)c1ccccc1Cl. The summed E-state index contributed by atoms with van der Waals surface area (Å²) < 4.78 is 78.7. The summed E-state index contributed by atoms with van der Waals surface area (Å²) in [7, 11) is 0. The van der Waals surface area contributed by atoms with Gasteiger partial charge in [0.05, 0.1) is 21.7 Å². The molecule has 0 saturated carbocycles. The summed E-state index contributed by atoms with van der Waals surface area (Å²) in [6.07, 6.45) is -9.36. The number of carbonyl (C=O) groups is 2. The fraction of sp³-hybridized carbons (Fsp3) is 0.167. The Labute approximate surface area is 206 Å². The summed E-state index contributed by atoms with van der Waals surface area (Å²) >= 11 is 5.98. The van der Waals surface area contributed by atoms with Crippen LogP contribution in [0.15, 0.2) is 72.8 Å². The number of nitrogens with one attached hydrogen (secondary N) is 2. The van der Waals surface area contributed by atoms with Crippen LogP contribution in [0.2, 0.25) is 5.02 Å². The second kappa shape index (κ2) is 10.9. The van der Waals surface area contributed by atoms with Crippen molar-refractivity contribution in [2.24, 2.45) is 0 Å². The Morgan fingerprint density at radius 2 is 1.42 bits per heavy atom. The highest BCUT2D eigenvalue weighted by molar-refractivity contribution is 6.33. The van der Waals surface area contributed by atoms with Crippen LogP contribution in [0.3, 0.4) is 0 Å². The number of carbonyl (C=O) groups excluding carboxylic acids is 2. The summed E-state index contributed by atoms with van der Waals surface area (Å²) in [5.74, 6) is -0.581. The highest BCUT2D eigenvalue weighted by atomic mass is 35.5. The zero-order valence-corrected chi connectivity index (χ0v) is 19.0. The third-order valence-corrected chi connectivity index (χ3v) is 5.24. The Morgan fingerprint density at radius 1 is 0.806 bits per heavy atom. The fourth-order valence-electron chi connectivity index (χ4n) is 3.18. The van der Waals surface area contributed by atoms with E-state index in [1.54, 1.807) is 12.1 Å². The Bertz CT molecular complexity index is 1250. The Morgan fingerprint density at radius 3 is 2.06 bits per heavy atom. The van der Waals surface area contributed by atoms with E-state index in [4.69, 9.17) is 11.6 Å². The summed E-state index contributed by atoms with van der Waals surface area (Å²) in [5, 5.41) is 4.95. The standard InChI is InChI=1S/C24H18ClF6N3O2/c25-20-10-2-1-9-19(20)21(35)32-11-12-34(18-8-4-6-16(14-18)24(29,30)31)22(36)33-17-7-3-5-15(13-17)23(26,27)28/h1-10,13-14H,11-12H2,(H,32,35)(H,33,36). The van der Waals surface area contributed by atoms with Crippen molar-refractivity contribution in [3.63, 3.8) is 0 Å². The molecule has 3 aromatic rings. The normalized spacial score (nSPS) is 11.6. The number of urea groups is 1. The molecule has 0 aromatic heterocycles. The van der Waals surface area contributed by atoms with Crippen molar-refractivity contribution in [3.8, 4) is 0 Å². The second-order valence-corrected chi connectivity index (χ2v) is 7.85. The van der Waals surface area contributed by atoms with Gasteiger partial charge in [0.15, 0.2) is 0 Å². The first-order valence-corrected chi connectivity index (χ1v) is 10.7. The number of rotatable bonds is 6. The van der Waals surface area contributed by atoms with Gasteiger partial charge >= 0.3 is 18.4 Å². The molecule has 0 unspecified atom stereocenters. The minimum Gasteiger partial charge on any atom is -0.350 e. The molecular weight excluding hydrogens is 512 g/mol. The number of amides is 3. The van der Waals surface area contributed by atoms with Crippen molar-refractivity contribution in [2.45, 2.75) is 12.4 Å². The van der Waals surface area contributed by atoms with Crippen LogP contribution >= 0.6 is 11.6 Å². The molecule has 3 rings (SSSR count). The molecule has 0 atom stereocenters. The van der Waals surface area contributed by atoms with Gasteiger partial charge in [-0.2, -0.15) is 26.3 Å². The van der Waals surface area contributed by atoms with E-state index in [-0.39, 0.29) is 35.1 Å². The highest BCUT2D eigenvalue weighted by Gasteiger charge is 2.32. The predicted octanol–water partition coefficient (Wildman–Crippen LogP) is 6.85. The van der Waals surface area contributed by atoms with Crippen molar-refractivity contribution in [1.29, 1.82) is 0 Å². The number of halogens is 7. The molecule has 3 amide bonds. The zero-order chi connectivity index (χ0) is 26.5. The molecule has 0 heterocycles. The topological polar surface area (TPSA) is 61.4 Å². The van der Waals surface area contributed by atoms with Gasteiger partial charge in [-0.3, -0.25) is 9.69 Å². The first kappa shape index (κ1) is 26.9. The van der Waals surface area contributed by atoms with E-state index in [0.29, 0.717) is 6.07 Å². The van der Waals surface area contributed by atoms with Gasteiger partial charge in [0, 0.05) is 24.5 Å². The van der Waals surface area contributed by atoms with Crippen LogP contribution in [0.4, 0.5) is 42.5 Å². The predicted molar refractivity (Wildman–Crippen MR) is 123 cm³/mol. The van der Waals surface area contributed by atoms with Crippen molar-refractivity contribution in [3.05, 3.63) is 94.5 Å². The van der Waals surface area contributed by atoms with Crippen molar-refractivity contribution >= 4 is 34.9 Å². The number of benzene rings is 3. The van der Waals surface area contributed by atoms with E-state index >= 15 is 0 Å². The number of alkyl halides is 6. The Hall–Kier alpha value is -3.73. The summed E-state index contributed by atoms with van der Waals surface area (Å²) in [6.45, 7) is -0.501. The third kappa shape index (κ3) is 6.91. The molecule has 36 heavy (non-hydrogen) atoms. The van der Waals surface area contributed by atoms with Gasteiger partial charge < -0.3 is 10.6 Å². The lowest BCUT2D eigenvalue weighted by atomic mass is 10.1. The molecule has 0 bridgehead atoms. The molecule has 12 heteroatoms. The second-order valence-electron chi connectivity index (χ2n) is 7.44. The monoisotopic (exact) mass is 529 g/mol. The van der Waals surface area contributed by atoms with E-state index in [1.807, 2.05) is 0 Å². The molecule has 2 N–H and O–H groups in total. The summed E-state index contributed by atoms with van der Waals surface area (Å²) in [4.78, 5) is 26.2. The number of hydrogen-bond acceptors (Lipinski definition) is 2. The summed E-state index contributed by atoms with van der Waals surface area (Å²) in [5.41, 5.74) is -2.29. The minimum absolute atomic E-state index is 0.151. The average molecular weight is 530 g/mol. The highest BCUT2D eigenvalue weighted by Crippen LogP contribution is 2.33. The molecular formula is C24H18ClF6N3O2. The van der Waals surface area contributed by atoms with Crippen LogP contribution in [0.1, 0.15) is 21.5 Å². The molecule has 0 spiro atoms. The maximum Gasteiger partial charge on any atom is 0.416 e. The van der Waals surface area contributed by atoms with E-state index in [9.17, 15) is 35.9 Å². The third-order valence-electron chi connectivity index (χ3n) is 4.91. The van der Waals surface area contributed by atoms with Gasteiger partial charge in [0.2, 0.25) is 0 Å². The first-order valence-electron chi connectivity index (χ1n) is 10.3. The number of anilines is 2. The van der Waals surface area contributed by atoms with Crippen molar-refractivity contribution in [1.82, 2.24) is 5.32 Å². The van der Waals surface area contributed by atoms with Crippen LogP contribution in [0.25, 0.3) is 0 Å². The van der Waals surface area contributed by atoms with Gasteiger partial charge in [-0.15, -0.1) is 0 Å². The minimum atomic E-state index is -4.70. The summed E-state index contributed by atoms with van der Waals surface area (Å²) in [6, 6.07) is 12.8. The van der Waals surface area contributed by atoms with Crippen LogP contribution in [-0.4, -0.2) is 25.0 Å². The van der Waals surface area contributed by atoms with Gasteiger partial charge in [-0.1, -0.05) is 35.9 Å². The molecule has 0 saturated heterocycles. The molecule has 0 aliphatic rings. The smallest absolute Gasteiger partial charge is 0.350 e. The lowest BCUT2D eigenvalue weighted by molar-refractivity contribution is -0.138. The molecule has 3 aromatic carbocycles. The largest absolute Gasteiger partial charge is 0.416 e. The van der Waals surface area contributed by atoms with Gasteiger partial charge in [-0.25, -0.2) is 4.79 Å². The maximum absolute atomic E-state index is 13.2. The van der Waals surface area contributed by atoms with Gasteiger partial charge in [0.1, 0.15) is 0 Å². The number of nitrogens with zero attached hydrogens (tertiary/aromatic N) is 1. The number of hydrogen-bond donors (Lipinski definition) is 2. The maximum atomic E-state index is 13.2. The Balaban J connectivity index is 1.83. The van der Waals surface area contributed by atoms with Crippen molar-refractivity contribution < 1.29 is 35.9 Å².